The molecule has 146 valence electrons. The lowest BCUT2D eigenvalue weighted by Gasteiger charge is -2.33. The topological polar surface area (TPSA) is 71.6 Å². The molecule has 1 aromatic carbocycles. The van der Waals surface area contributed by atoms with Gasteiger partial charge in [-0.25, -0.2) is 0 Å². The maximum Gasteiger partial charge on any atom is 0.221 e. The van der Waals surface area contributed by atoms with E-state index in [2.05, 4.69) is 16.0 Å². The van der Waals surface area contributed by atoms with Crippen molar-refractivity contribution < 1.29 is 14.3 Å². The van der Waals surface area contributed by atoms with E-state index in [1.165, 1.54) is 26.2 Å². The molecule has 1 aromatic rings. The molecule has 3 rings (SSSR count). The predicted molar refractivity (Wildman–Crippen MR) is 105 cm³/mol. The summed E-state index contributed by atoms with van der Waals surface area (Å²) < 4.78 is 11.0. The number of carbonyl (C=O) groups excluding carboxylic acids is 1. The number of halogens is 1. The van der Waals surface area contributed by atoms with Crippen LogP contribution in [0.2, 0.25) is 0 Å². The largest absolute Gasteiger partial charge is 0.495 e. The Bertz CT molecular complexity index is 593. The van der Waals surface area contributed by atoms with Gasteiger partial charge in [-0.05, 0) is 36.5 Å². The van der Waals surface area contributed by atoms with Crippen molar-refractivity contribution in [2.75, 3.05) is 32.2 Å². The third-order valence-corrected chi connectivity index (χ3v) is 5.18. The number of hydrogen-bond donors (Lipinski definition) is 3. The van der Waals surface area contributed by atoms with Gasteiger partial charge in [-0.3, -0.25) is 4.79 Å². The molecule has 1 saturated heterocycles. The number of anilines is 1. The number of benzene rings is 1. The molecule has 1 amide bonds. The van der Waals surface area contributed by atoms with Gasteiger partial charge >= 0.3 is 0 Å². The fourth-order valence-electron chi connectivity index (χ4n) is 3.99. The molecule has 0 radical (unpaired) electrons. The Morgan fingerprint density at radius 3 is 2.92 bits per heavy atom. The number of hydrogen-bond acceptors (Lipinski definition) is 5. The van der Waals surface area contributed by atoms with Crippen molar-refractivity contribution in [3.05, 3.63) is 23.8 Å². The number of nitrogens with one attached hydrogen (secondary N) is 3. The number of carbonyl (C=O) groups is 1. The average Bonchev–Trinajstić information content (AvgIpc) is 3.09. The molecular formula is C19H30ClN3O3. The van der Waals surface area contributed by atoms with Crippen molar-refractivity contribution in [2.45, 2.75) is 44.8 Å². The quantitative estimate of drug-likeness (QED) is 0.703. The van der Waals surface area contributed by atoms with Gasteiger partial charge in [0.15, 0.2) is 0 Å². The van der Waals surface area contributed by atoms with Crippen molar-refractivity contribution in [3.8, 4) is 5.75 Å². The molecule has 0 spiro atoms. The lowest BCUT2D eigenvalue weighted by atomic mass is 9.94. The van der Waals surface area contributed by atoms with E-state index < -0.39 is 0 Å². The van der Waals surface area contributed by atoms with Crippen molar-refractivity contribution in [1.82, 2.24) is 10.6 Å². The lowest BCUT2D eigenvalue weighted by molar-refractivity contribution is -0.114. The highest BCUT2D eigenvalue weighted by Crippen LogP contribution is 2.30. The van der Waals surface area contributed by atoms with Crippen molar-refractivity contribution in [3.63, 3.8) is 0 Å². The minimum Gasteiger partial charge on any atom is -0.495 e. The first kappa shape index (κ1) is 21.0. The summed E-state index contributed by atoms with van der Waals surface area (Å²) in [5.41, 5.74) is 1.86. The smallest absolute Gasteiger partial charge is 0.221 e. The molecule has 6 nitrogen and oxygen atoms in total. The second-order valence-corrected chi connectivity index (χ2v) is 6.93. The van der Waals surface area contributed by atoms with Crippen LogP contribution in [0.3, 0.4) is 0 Å². The maximum absolute atomic E-state index is 11.4. The standard InChI is InChI=1S/C19H29N3O3.ClH/c1-13(23)22-17-10-14(6-7-19(17)24-2)11-21-16-5-3-4-15(16)18-12-25-9-8-20-18;/h6-7,10,15-16,18,20-21H,3-5,8-9,11-12H2,1-2H3,(H,22,23);1H. The van der Waals surface area contributed by atoms with E-state index >= 15 is 0 Å². The molecule has 3 N–H and O–H groups in total. The summed E-state index contributed by atoms with van der Waals surface area (Å²) >= 11 is 0. The fourth-order valence-corrected chi connectivity index (χ4v) is 3.99. The molecule has 3 atom stereocenters. The van der Waals surface area contributed by atoms with Crippen LogP contribution in [0.5, 0.6) is 5.75 Å². The highest BCUT2D eigenvalue weighted by Gasteiger charge is 2.34. The van der Waals surface area contributed by atoms with Crippen LogP contribution in [0.4, 0.5) is 5.69 Å². The van der Waals surface area contributed by atoms with Crippen molar-refractivity contribution in [2.24, 2.45) is 5.92 Å². The molecule has 7 heteroatoms. The van der Waals surface area contributed by atoms with Crippen molar-refractivity contribution in [1.29, 1.82) is 0 Å². The van der Waals surface area contributed by atoms with Gasteiger partial charge in [0.1, 0.15) is 5.75 Å². The van der Waals surface area contributed by atoms with Crippen LogP contribution < -0.4 is 20.7 Å². The van der Waals surface area contributed by atoms with Crippen LogP contribution >= 0.6 is 12.4 Å². The lowest BCUT2D eigenvalue weighted by Crippen LogP contribution is -2.50. The Labute approximate surface area is 161 Å². The average molecular weight is 384 g/mol. The maximum atomic E-state index is 11.4. The molecule has 26 heavy (non-hydrogen) atoms. The second-order valence-electron chi connectivity index (χ2n) is 6.93. The van der Waals surface area contributed by atoms with Gasteiger partial charge in [-0.2, -0.15) is 0 Å². The van der Waals surface area contributed by atoms with E-state index in [0.29, 0.717) is 23.8 Å². The second kappa shape index (κ2) is 10.1. The van der Waals surface area contributed by atoms with Crippen LogP contribution in [-0.2, 0) is 16.1 Å². The van der Waals surface area contributed by atoms with Crippen molar-refractivity contribution >= 4 is 24.0 Å². The highest BCUT2D eigenvalue weighted by atomic mass is 35.5. The number of morpholine rings is 1. The summed E-state index contributed by atoms with van der Waals surface area (Å²) in [5, 5.41) is 10.2. The zero-order valence-electron chi connectivity index (χ0n) is 15.5. The Morgan fingerprint density at radius 2 is 2.23 bits per heavy atom. The van der Waals surface area contributed by atoms with Gasteiger partial charge in [-0.1, -0.05) is 12.5 Å². The van der Waals surface area contributed by atoms with Crippen LogP contribution in [0.25, 0.3) is 0 Å². The number of amides is 1. The molecule has 1 aliphatic heterocycles. The molecule has 3 unspecified atom stereocenters. The Kier molecular flexibility index (Phi) is 8.15. The van der Waals surface area contributed by atoms with Gasteiger partial charge in [-0.15, -0.1) is 12.4 Å². The molecule has 0 bridgehead atoms. The van der Waals surface area contributed by atoms with Gasteiger partial charge in [0.2, 0.25) is 5.91 Å². The zero-order valence-corrected chi connectivity index (χ0v) is 16.4. The predicted octanol–water partition coefficient (Wildman–Crippen LogP) is 2.32. The Balaban J connectivity index is 0.00000243. The minimum atomic E-state index is -0.0948. The first-order chi connectivity index (χ1) is 12.2. The Morgan fingerprint density at radius 1 is 1.38 bits per heavy atom. The van der Waals surface area contributed by atoms with E-state index in [1.807, 2.05) is 18.2 Å². The minimum absolute atomic E-state index is 0. The van der Waals surface area contributed by atoms with Crippen LogP contribution in [0, 0.1) is 5.92 Å². The van der Waals surface area contributed by atoms with Crippen LogP contribution in [-0.4, -0.2) is 44.9 Å². The Hall–Kier alpha value is -1.34. The summed E-state index contributed by atoms with van der Waals surface area (Å²) in [6.45, 7) is 4.88. The fraction of sp³-hybridized carbons (Fsp3) is 0.632. The highest BCUT2D eigenvalue weighted by molar-refractivity contribution is 5.90. The summed E-state index contributed by atoms with van der Waals surface area (Å²) in [5.74, 6) is 1.21. The molecule has 1 aliphatic carbocycles. The molecule has 1 heterocycles. The van der Waals surface area contributed by atoms with Gasteiger partial charge in [0.05, 0.1) is 26.0 Å². The molecule has 0 aromatic heterocycles. The zero-order chi connectivity index (χ0) is 17.6. The molecule has 2 fully saturated rings. The third kappa shape index (κ3) is 5.33. The van der Waals surface area contributed by atoms with E-state index in [0.717, 1.165) is 37.6 Å². The third-order valence-electron chi connectivity index (χ3n) is 5.18. The molecule has 2 aliphatic rings. The van der Waals surface area contributed by atoms with E-state index in [-0.39, 0.29) is 18.3 Å². The van der Waals surface area contributed by atoms with E-state index in [9.17, 15) is 4.79 Å². The number of rotatable bonds is 6. The first-order valence-corrected chi connectivity index (χ1v) is 9.16. The summed E-state index contributed by atoms with van der Waals surface area (Å²) in [6, 6.07) is 6.90. The number of methoxy groups -OCH3 is 1. The van der Waals surface area contributed by atoms with Gasteiger partial charge in [0, 0.05) is 32.1 Å². The number of ether oxygens (including phenoxy) is 2. The van der Waals surface area contributed by atoms with Crippen LogP contribution in [0.1, 0.15) is 31.7 Å². The molecule has 1 saturated carbocycles. The monoisotopic (exact) mass is 383 g/mol. The SMILES string of the molecule is COc1ccc(CNC2CCCC2C2COCCN2)cc1NC(C)=O.Cl. The van der Waals surface area contributed by atoms with Crippen LogP contribution in [0.15, 0.2) is 18.2 Å². The van der Waals surface area contributed by atoms with E-state index in [4.69, 9.17) is 9.47 Å². The van der Waals surface area contributed by atoms with Gasteiger partial charge in [0.25, 0.3) is 0 Å². The normalized spacial score (nSPS) is 25.4. The van der Waals surface area contributed by atoms with Gasteiger partial charge < -0.3 is 25.4 Å². The summed E-state index contributed by atoms with van der Waals surface area (Å²) in [7, 11) is 1.61. The molecular weight excluding hydrogens is 354 g/mol. The summed E-state index contributed by atoms with van der Waals surface area (Å²) in [4.78, 5) is 11.4. The first-order valence-electron chi connectivity index (χ1n) is 9.16. The van der Waals surface area contributed by atoms with E-state index in [1.54, 1.807) is 7.11 Å². The summed E-state index contributed by atoms with van der Waals surface area (Å²) in [6.07, 6.45) is 3.72.